The van der Waals surface area contributed by atoms with Crippen LogP contribution in [0.1, 0.15) is 21.5 Å². The summed E-state index contributed by atoms with van der Waals surface area (Å²) >= 11 is 0. The highest BCUT2D eigenvalue weighted by molar-refractivity contribution is 7.92. The fraction of sp³-hybridized carbons (Fsp3) is 0.278. The molecule has 0 saturated carbocycles. The van der Waals surface area contributed by atoms with E-state index in [2.05, 4.69) is 10.0 Å². The molecule has 0 saturated heterocycles. The topological polar surface area (TPSA) is 84.5 Å². The van der Waals surface area contributed by atoms with Crippen molar-refractivity contribution in [1.29, 1.82) is 0 Å². The highest BCUT2D eigenvalue weighted by Crippen LogP contribution is 2.19. The standard InChI is InChI=1S/C18H22N2O4S/c1-13-6-4-7-15(12-13)24-11-10-19-18(21)16-8-5-9-17(14(16)2)20-25(3,22)23/h4-9,12,20H,10-11H2,1-3H3,(H,19,21). The predicted octanol–water partition coefficient (Wildman–Crippen LogP) is 2.48. The zero-order valence-electron chi connectivity index (χ0n) is 14.5. The summed E-state index contributed by atoms with van der Waals surface area (Å²) < 4.78 is 30.7. The van der Waals surface area contributed by atoms with Crippen LogP contribution in [0.5, 0.6) is 5.75 Å². The van der Waals surface area contributed by atoms with E-state index in [0.717, 1.165) is 17.6 Å². The van der Waals surface area contributed by atoms with Crippen molar-refractivity contribution in [1.82, 2.24) is 5.32 Å². The van der Waals surface area contributed by atoms with Crippen LogP contribution in [0.25, 0.3) is 0 Å². The Bertz CT molecular complexity index is 863. The van der Waals surface area contributed by atoms with Crippen LogP contribution in [0.15, 0.2) is 42.5 Å². The molecule has 2 aromatic rings. The molecule has 0 bridgehead atoms. The lowest BCUT2D eigenvalue weighted by molar-refractivity contribution is 0.0946. The third-order valence-corrected chi connectivity index (χ3v) is 4.11. The fourth-order valence-electron chi connectivity index (χ4n) is 2.33. The summed E-state index contributed by atoms with van der Waals surface area (Å²) in [5, 5.41) is 2.77. The molecular weight excluding hydrogens is 340 g/mol. The molecule has 2 rings (SSSR count). The van der Waals surface area contributed by atoms with Gasteiger partial charge in [-0.25, -0.2) is 8.42 Å². The number of nitrogens with one attached hydrogen (secondary N) is 2. The van der Waals surface area contributed by atoms with Gasteiger partial charge in [0.05, 0.1) is 18.5 Å². The molecular formula is C18H22N2O4S. The van der Waals surface area contributed by atoms with Gasteiger partial charge in [-0.3, -0.25) is 9.52 Å². The number of hydrogen-bond acceptors (Lipinski definition) is 4. The summed E-state index contributed by atoms with van der Waals surface area (Å²) in [6, 6.07) is 12.6. The van der Waals surface area contributed by atoms with Gasteiger partial charge >= 0.3 is 0 Å². The largest absolute Gasteiger partial charge is 0.492 e. The Kier molecular flexibility index (Phi) is 6.03. The molecule has 0 aliphatic heterocycles. The lowest BCUT2D eigenvalue weighted by Crippen LogP contribution is -2.29. The number of anilines is 1. The first-order chi connectivity index (χ1) is 11.8. The van der Waals surface area contributed by atoms with E-state index >= 15 is 0 Å². The predicted molar refractivity (Wildman–Crippen MR) is 98.7 cm³/mol. The third kappa shape index (κ3) is 5.79. The van der Waals surface area contributed by atoms with Crippen molar-refractivity contribution >= 4 is 21.6 Å². The van der Waals surface area contributed by atoms with Crippen LogP contribution < -0.4 is 14.8 Å². The molecule has 134 valence electrons. The average Bonchev–Trinajstić information content (AvgIpc) is 2.52. The summed E-state index contributed by atoms with van der Waals surface area (Å²) in [6.07, 6.45) is 1.07. The van der Waals surface area contributed by atoms with Crippen molar-refractivity contribution in [2.24, 2.45) is 0 Å². The second-order valence-electron chi connectivity index (χ2n) is 5.77. The second-order valence-corrected chi connectivity index (χ2v) is 7.52. The minimum absolute atomic E-state index is 0.275. The molecule has 0 fully saturated rings. The van der Waals surface area contributed by atoms with E-state index in [9.17, 15) is 13.2 Å². The van der Waals surface area contributed by atoms with Crippen molar-refractivity contribution in [3.63, 3.8) is 0 Å². The maximum absolute atomic E-state index is 12.3. The third-order valence-electron chi connectivity index (χ3n) is 3.52. The van der Waals surface area contributed by atoms with Gasteiger partial charge in [-0.1, -0.05) is 18.2 Å². The van der Waals surface area contributed by atoms with Crippen molar-refractivity contribution in [2.45, 2.75) is 13.8 Å². The number of aryl methyl sites for hydroxylation is 1. The van der Waals surface area contributed by atoms with Gasteiger partial charge in [0.15, 0.2) is 0 Å². The number of sulfonamides is 1. The maximum Gasteiger partial charge on any atom is 0.251 e. The number of hydrogen-bond donors (Lipinski definition) is 2. The minimum atomic E-state index is -3.40. The van der Waals surface area contributed by atoms with E-state index in [1.165, 1.54) is 0 Å². The van der Waals surface area contributed by atoms with Gasteiger partial charge < -0.3 is 10.1 Å². The van der Waals surface area contributed by atoms with Crippen LogP contribution in [0, 0.1) is 13.8 Å². The smallest absolute Gasteiger partial charge is 0.251 e. The van der Waals surface area contributed by atoms with Crippen LogP contribution in [0.3, 0.4) is 0 Å². The maximum atomic E-state index is 12.3. The molecule has 0 atom stereocenters. The molecule has 0 radical (unpaired) electrons. The summed E-state index contributed by atoms with van der Waals surface area (Å²) in [5.74, 6) is 0.479. The van der Waals surface area contributed by atoms with E-state index < -0.39 is 10.0 Å². The first-order valence-electron chi connectivity index (χ1n) is 7.81. The molecule has 0 unspecified atom stereocenters. The number of benzene rings is 2. The van der Waals surface area contributed by atoms with E-state index in [1.54, 1.807) is 25.1 Å². The van der Waals surface area contributed by atoms with Gasteiger partial charge in [-0.15, -0.1) is 0 Å². The van der Waals surface area contributed by atoms with Crippen molar-refractivity contribution in [3.05, 3.63) is 59.2 Å². The first kappa shape index (κ1) is 18.8. The molecule has 0 aliphatic carbocycles. The Labute approximate surface area is 148 Å². The number of carbonyl (C=O) groups is 1. The van der Waals surface area contributed by atoms with Crippen molar-refractivity contribution < 1.29 is 17.9 Å². The Morgan fingerprint density at radius 1 is 1.12 bits per heavy atom. The normalized spacial score (nSPS) is 11.0. The lowest BCUT2D eigenvalue weighted by atomic mass is 10.1. The van der Waals surface area contributed by atoms with Crippen molar-refractivity contribution in [3.8, 4) is 5.75 Å². The number of ether oxygens (including phenoxy) is 1. The van der Waals surface area contributed by atoms with Crippen LogP contribution in [-0.4, -0.2) is 33.7 Å². The zero-order chi connectivity index (χ0) is 18.4. The van der Waals surface area contributed by atoms with Crippen LogP contribution >= 0.6 is 0 Å². The van der Waals surface area contributed by atoms with Crippen LogP contribution in [-0.2, 0) is 10.0 Å². The molecule has 2 N–H and O–H groups in total. The minimum Gasteiger partial charge on any atom is -0.492 e. The van der Waals surface area contributed by atoms with E-state index in [4.69, 9.17) is 4.74 Å². The molecule has 7 heteroatoms. The molecule has 0 aromatic heterocycles. The Hall–Kier alpha value is -2.54. The van der Waals surface area contributed by atoms with Crippen LogP contribution in [0.2, 0.25) is 0 Å². The molecule has 2 aromatic carbocycles. The Morgan fingerprint density at radius 2 is 1.84 bits per heavy atom. The van der Waals surface area contributed by atoms with Gasteiger partial charge in [-0.2, -0.15) is 0 Å². The summed E-state index contributed by atoms with van der Waals surface area (Å²) in [4.78, 5) is 12.3. The summed E-state index contributed by atoms with van der Waals surface area (Å²) in [6.45, 7) is 4.37. The molecule has 6 nitrogen and oxygen atoms in total. The van der Waals surface area contributed by atoms with E-state index in [1.807, 2.05) is 31.2 Å². The van der Waals surface area contributed by atoms with E-state index in [0.29, 0.717) is 30.0 Å². The monoisotopic (exact) mass is 362 g/mol. The Balaban J connectivity index is 1.93. The average molecular weight is 362 g/mol. The molecule has 0 heterocycles. The number of carbonyl (C=O) groups excluding carboxylic acids is 1. The SMILES string of the molecule is Cc1cccc(OCCNC(=O)c2cccc(NS(C)(=O)=O)c2C)c1. The molecule has 1 amide bonds. The first-order valence-corrected chi connectivity index (χ1v) is 9.70. The molecule has 0 aliphatic rings. The molecule has 25 heavy (non-hydrogen) atoms. The highest BCUT2D eigenvalue weighted by Gasteiger charge is 2.13. The van der Waals surface area contributed by atoms with Gasteiger partial charge in [-0.05, 0) is 49.2 Å². The molecule has 0 spiro atoms. The van der Waals surface area contributed by atoms with Gasteiger partial charge in [0.1, 0.15) is 12.4 Å². The second kappa shape index (κ2) is 8.02. The highest BCUT2D eigenvalue weighted by atomic mass is 32.2. The van der Waals surface area contributed by atoms with Crippen LogP contribution in [0.4, 0.5) is 5.69 Å². The quantitative estimate of drug-likeness (QED) is 0.741. The summed E-state index contributed by atoms with van der Waals surface area (Å²) in [7, 11) is -3.40. The zero-order valence-corrected chi connectivity index (χ0v) is 15.3. The van der Waals surface area contributed by atoms with Crippen molar-refractivity contribution in [2.75, 3.05) is 24.1 Å². The fourth-order valence-corrected chi connectivity index (χ4v) is 2.95. The van der Waals surface area contributed by atoms with Gasteiger partial charge in [0.25, 0.3) is 5.91 Å². The van der Waals surface area contributed by atoms with Gasteiger partial charge in [0, 0.05) is 5.56 Å². The Morgan fingerprint density at radius 3 is 2.52 bits per heavy atom. The van der Waals surface area contributed by atoms with Gasteiger partial charge in [0.2, 0.25) is 10.0 Å². The summed E-state index contributed by atoms with van der Waals surface area (Å²) in [5.41, 5.74) is 2.49. The lowest BCUT2D eigenvalue weighted by Gasteiger charge is -2.13. The van der Waals surface area contributed by atoms with E-state index in [-0.39, 0.29) is 5.91 Å². The number of amides is 1. The number of rotatable bonds is 7.